The van der Waals surface area contributed by atoms with E-state index >= 15 is 0 Å². The minimum Gasteiger partial charge on any atom is -0.507 e. The summed E-state index contributed by atoms with van der Waals surface area (Å²) < 4.78 is 0.982. The van der Waals surface area contributed by atoms with Gasteiger partial charge in [0.15, 0.2) is 0 Å². The molecule has 3 aromatic carbocycles. The van der Waals surface area contributed by atoms with E-state index in [0.717, 1.165) is 26.4 Å². The second kappa shape index (κ2) is 4.46. The van der Waals surface area contributed by atoms with Crippen LogP contribution in [0.1, 0.15) is 0 Å². The third kappa shape index (κ3) is 1.79. The van der Waals surface area contributed by atoms with E-state index in [1.165, 1.54) is 0 Å². The fraction of sp³-hybridized carbons (Fsp3) is 0. The average Bonchev–Trinajstić information content (AvgIpc) is 2.41. The summed E-state index contributed by atoms with van der Waals surface area (Å²) >= 11 is 3.52. The Morgan fingerprint density at radius 3 is 2.28 bits per heavy atom. The van der Waals surface area contributed by atoms with Crippen molar-refractivity contribution in [1.29, 1.82) is 0 Å². The fourth-order valence-electron chi connectivity index (χ4n) is 2.15. The Hall–Kier alpha value is -1.80. The quantitative estimate of drug-likeness (QED) is 0.672. The van der Waals surface area contributed by atoms with Gasteiger partial charge in [-0.3, -0.25) is 0 Å². The summed E-state index contributed by atoms with van der Waals surface area (Å²) in [4.78, 5) is 0. The lowest BCUT2D eigenvalue weighted by molar-refractivity contribution is 0.483. The Kier molecular flexibility index (Phi) is 2.80. The van der Waals surface area contributed by atoms with Crippen LogP contribution in [-0.2, 0) is 0 Å². The van der Waals surface area contributed by atoms with Gasteiger partial charge in [-0.15, -0.1) is 0 Å². The molecule has 0 aliphatic rings. The predicted molar refractivity (Wildman–Crippen MR) is 78.7 cm³/mol. The van der Waals surface area contributed by atoms with E-state index in [2.05, 4.69) is 15.9 Å². The number of halogens is 1. The summed E-state index contributed by atoms with van der Waals surface area (Å²) in [7, 11) is 0. The first kappa shape index (κ1) is 11.3. The van der Waals surface area contributed by atoms with Crippen LogP contribution in [0.25, 0.3) is 21.9 Å². The summed E-state index contributed by atoms with van der Waals surface area (Å²) in [6.45, 7) is 0. The van der Waals surface area contributed by atoms with Crippen molar-refractivity contribution < 1.29 is 5.11 Å². The van der Waals surface area contributed by atoms with Crippen molar-refractivity contribution >= 4 is 26.7 Å². The highest BCUT2D eigenvalue weighted by molar-refractivity contribution is 9.10. The summed E-state index contributed by atoms with van der Waals surface area (Å²) in [6.07, 6.45) is 0. The van der Waals surface area contributed by atoms with E-state index < -0.39 is 0 Å². The van der Waals surface area contributed by atoms with E-state index in [4.69, 9.17) is 0 Å². The van der Waals surface area contributed by atoms with Crippen molar-refractivity contribution in [3.63, 3.8) is 0 Å². The molecule has 1 nitrogen and oxygen atoms in total. The van der Waals surface area contributed by atoms with Gasteiger partial charge in [-0.1, -0.05) is 64.5 Å². The highest BCUT2D eigenvalue weighted by Crippen LogP contribution is 2.38. The van der Waals surface area contributed by atoms with Crippen molar-refractivity contribution in [3.8, 4) is 16.9 Å². The molecule has 2 heteroatoms. The normalized spacial score (nSPS) is 10.7. The fourth-order valence-corrected chi connectivity index (χ4v) is 2.65. The Morgan fingerprint density at radius 1 is 0.722 bits per heavy atom. The number of phenolic OH excluding ortho intramolecular Hbond substituents is 1. The van der Waals surface area contributed by atoms with Crippen molar-refractivity contribution in [2.75, 3.05) is 0 Å². The molecule has 0 saturated heterocycles. The molecule has 0 unspecified atom stereocenters. The van der Waals surface area contributed by atoms with Gasteiger partial charge in [0, 0.05) is 15.4 Å². The molecule has 0 fully saturated rings. The predicted octanol–water partition coefficient (Wildman–Crippen LogP) is 4.97. The van der Waals surface area contributed by atoms with Crippen molar-refractivity contribution in [2.45, 2.75) is 0 Å². The van der Waals surface area contributed by atoms with Gasteiger partial charge < -0.3 is 5.11 Å². The molecule has 0 saturated carbocycles. The maximum atomic E-state index is 10.4. The van der Waals surface area contributed by atoms with Crippen LogP contribution in [0.5, 0.6) is 5.75 Å². The van der Waals surface area contributed by atoms with Crippen molar-refractivity contribution in [2.24, 2.45) is 0 Å². The second-order valence-corrected chi connectivity index (χ2v) is 5.02. The SMILES string of the molecule is Oc1c(-c2ccccc2Br)ccc2ccccc12. The molecule has 0 aliphatic carbocycles. The molecule has 0 aromatic heterocycles. The van der Waals surface area contributed by atoms with Crippen molar-refractivity contribution in [3.05, 3.63) is 65.1 Å². The number of benzene rings is 3. The Balaban J connectivity index is 2.31. The first-order chi connectivity index (χ1) is 8.77. The largest absolute Gasteiger partial charge is 0.507 e. The van der Waals surface area contributed by atoms with Crippen LogP contribution in [0.3, 0.4) is 0 Å². The molecule has 1 N–H and O–H groups in total. The minimum absolute atomic E-state index is 0.333. The molecule has 88 valence electrons. The first-order valence-corrected chi connectivity index (χ1v) is 6.52. The van der Waals surface area contributed by atoms with Gasteiger partial charge in [0.2, 0.25) is 0 Å². The highest BCUT2D eigenvalue weighted by atomic mass is 79.9. The molecular formula is C16H11BrO. The summed E-state index contributed by atoms with van der Waals surface area (Å²) in [5.41, 5.74) is 1.85. The van der Waals surface area contributed by atoms with Gasteiger partial charge in [0.1, 0.15) is 5.75 Å². The molecule has 0 amide bonds. The zero-order valence-electron chi connectivity index (χ0n) is 9.60. The van der Waals surface area contributed by atoms with E-state index in [-0.39, 0.29) is 0 Å². The number of hydrogen-bond donors (Lipinski definition) is 1. The first-order valence-electron chi connectivity index (χ1n) is 5.73. The van der Waals surface area contributed by atoms with Crippen LogP contribution in [-0.4, -0.2) is 5.11 Å². The third-order valence-electron chi connectivity index (χ3n) is 3.06. The smallest absolute Gasteiger partial charge is 0.131 e. The molecule has 0 spiro atoms. The number of rotatable bonds is 1. The molecule has 0 heterocycles. The highest BCUT2D eigenvalue weighted by Gasteiger charge is 2.10. The van der Waals surface area contributed by atoms with Crippen LogP contribution in [0.4, 0.5) is 0 Å². The van der Waals surface area contributed by atoms with Crippen molar-refractivity contribution in [1.82, 2.24) is 0 Å². The Labute approximate surface area is 114 Å². The average molecular weight is 299 g/mol. The third-order valence-corrected chi connectivity index (χ3v) is 3.76. The standard InChI is InChI=1S/C16H11BrO/c17-15-8-4-3-7-13(15)14-10-9-11-5-1-2-6-12(11)16(14)18/h1-10,18H. The van der Waals surface area contributed by atoms with E-state index in [1.807, 2.05) is 60.7 Å². The zero-order chi connectivity index (χ0) is 12.5. The van der Waals surface area contributed by atoms with Gasteiger partial charge in [-0.2, -0.15) is 0 Å². The van der Waals surface area contributed by atoms with E-state index in [0.29, 0.717) is 5.75 Å². The second-order valence-electron chi connectivity index (χ2n) is 4.16. The number of phenols is 1. The lowest BCUT2D eigenvalue weighted by atomic mass is 10.00. The Bertz CT molecular complexity index is 719. The molecule has 0 radical (unpaired) electrons. The molecule has 0 bridgehead atoms. The molecule has 0 atom stereocenters. The topological polar surface area (TPSA) is 20.2 Å². The van der Waals surface area contributed by atoms with Crippen LogP contribution in [0.15, 0.2) is 65.1 Å². The maximum absolute atomic E-state index is 10.4. The van der Waals surface area contributed by atoms with Crippen LogP contribution in [0.2, 0.25) is 0 Å². The summed E-state index contributed by atoms with van der Waals surface area (Å²) in [5.74, 6) is 0.333. The molecular weight excluding hydrogens is 288 g/mol. The Morgan fingerprint density at radius 2 is 1.44 bits per heavy atom. The summed E-state index contributed by atoms with van der Waals surface area (Å²) in [5, 5.41) is 12.3. The zero-order valence-corrected chi connectivity index (χ0v) is 11.2. The van der Waals surface area contributed by atoms with Gasteiger partial charge in [-0.25, -0.2) is 0 Å². The lowest BCUT2D eigenvalue weighted by Crippen LogP contribution is -1.82. The van der Waals surface area contributed by atoms with Gasteiger partial charge >= 0.3 is 0 Å². The minimum atomic E-state index is 0.333. The number of hydrogen-bond acceptors (Lipinski definition) is 1. The molecule has 3 rings (SSSR count). The van der Waals surface area contributed by atoms with Crippen LogP contribution < -0.4 is 0 Å². The van der Waals surface area contributed by atoms with E-state index in [9.17, 15) is 5.11 Å². The number of fused-ring (bicyclic) bond motifs is 1. The molecule has 0 aliphatic heterocycles. The molecule has 3 aromatic rings. The summed E-state index contributed by atoms with van der Waals surface area (Å²) in [6, 6.07) is 19.7. The van der Waals surface area contributed by atoms with Gasteiger partial charge in [0.25, 0.3) is 0 Å². The maximum Gasteiger partial charge on any atom is 0.131 e. The number of aromatic hydroxyl groups is 1. The van der Waals surface area contributed by atoms with E-state index in [1.54, 1.807) is 0 Å². The monoisotopic (exact) mass is 298 g/mol. The molecule has 18 heavy (non-hydrogen) atoms. The van der Waals surface area contributed by atoms with Crippen LogP contribution in [0, 0.1) is 0 Å². The van der Waals surface area contributed by atoms with Gasteiger partial charge in [-0.05, 0) is 23.1 Å². The lowest BCUT2D eigenvalue weighted by Gasteiger charge is -2.09. The van der Waals surface area contributed by atoms with Gasteiger partial charge in [0.05, 0.1) is 0 Å². The van der Waals surface area contributed by atoms with Crippen LogP contribution >= 0.6 is 15.9 Å².